The Morgan fingerprint density at radius 2 is 1.35 bits per heavy atom. The highest BCUT2D eigenvalue weighted by Crippen LogP contribution is 2.44. The molecule has 0 nitrogen and oxygen atoms in total. The van der Waals surface area contributed by atoms with Crippen LogP contribution in [0.5, 0.6) is 0 Å². The van der Waals surface area contributed by atoms with Gasteiger partial charge in [0.1, 0.15) is 0 Å². The molecule has 4 heteroatoms. The lowest BCUT2D eigenvalue weighted by atomic mass is 9.68. The predicted molar refractivity (Wildman–Crippen MR) is 96.2 cm³/mol. The zero-order chi connectivity index (χ0) is 18.5. The van der Waals surface area contributed by atoms with Crippen LogP contribution in [0, 0.1) is 35.2 Å². The predicted octanol–water partition coefficient (Wildman–Crippen LogP) is 7.10. The van der Waals surface area contributed by atoms with E-state index in [9.17, 15) is 17.6 Å². The third kappa shape index (κ3) is 4.69. The maximum Gasteiger partial charge on any atom is 0.194 e. The van der Waals surface area contributed by atoms with Crippen molar-refractivity contribution in [2.75, 3.05) is 6.67 Å². The second-order valence-electron chi connectivity index (χ2n) is 7.99. The van der Waals surface area contributed by atoms with Crippen LogP contribution in [0.4, 0.5) is 17.6 Å². The molecule has 0 amide bonds. The van der Waals surface area contributed by atoms with Crippen molar-refractivity contribution in [2.45, 2.75) is 63.7 Å². The lowest BCUT2D eigenvalue weighted by Crippen LogP contribution is -2.25. The van der Waals surface area contributed by atoms with Gasteiger partial charge in [-0.2, -0.15) is 0 Å². The lowest BCUT2D eigenvalue weighted by Gasteiger charge is -2.37. The van der Waals surface area contributed by atoms with Crippen molar-refractivity contribution in [2.24, 2.45) is 17.8 Å². The highest BCUT2D eigenvalue weighted by Gasteiger charge is 2.31. The van der Waals surface area contributed by atoms with E-state index in [0.29, 0.717) is 23.8 Å². The summed E-state index contributed by atoms with van der Waals surface area (Å²) in [6.45, 7) is -0.281. The van der Waals surface area contributed by atoms with Gasteiger partial charge in [-0.3, -0.25) is 4.39 Å². The molecule has 1 aromatic carbocycles. The first-order chi connectivity index (χ1) is 12.6. The summed E-state index contributed by atoms with van der Waals surface area (Å²) >= 11 is 0. The summed E-state index contributed by atoms with van der Waals surface area (Å²) in [5.41, 5.74) is 0.599. The van der Waals surface area contributed by atoms with E-state index < -0.39 is 17.5 Å². The summed E-state index contributed by atoms with van der Waals surface area (Å²) < 4.78 is 52.2. The van der Waals surface area contributed by atoms with Crippen LogP contribution in [0.1, 0.15) is 69.3 Å². The smallest absolute Gasteiger partial charge is 0.194 e. The van der Waals surface area contributed by atoms with Gasteiger partial charge >= 0.3 is 0 Å². The van der Waals surface area contributed by atoms with Gasteiger partial charge in [-0.25, -0.2) is 13.2 Å². The van der Waals surface area contributed by atoms with Gasteiger partial charge in [-0.15, -0.1) is 0 Å². The molecule has 0 heterocycles. The maximum absolute atomic E-state index is 13.5. The lowest BCUT2D eigenvalue weighted by molar-refractivity contribution is 0.171. The van der Waals surface area contributed by atoms with Crippen LogP contribution >= 0.6 is 0 Å². The molecule has 0 unspecified atom stereocenters. The minimum Gasteiger partial charge on any atom is -0.251 e. The van der Waals surface area contributed by atoms with Crippen molar-refractivity contribution in [3.63, 3.8) is 0 Å². The Morgan fingerprint density at radius 3 is 1.88 bits per heavy atom. The van der Waals surface area contributed by atoms with Gasteiger partial charge in [0.25, 0.3) is 0 Å². The van der Waals surface area contributed by atoms with Gasteiger partial charge in [0.2, 0.25) is 0 Å². The van der Waals surface area contributed by atoms with E-state index in [4.69, 9.17) is 0 Å². The molecule has 0 bridgehead atoms. The molecule has 0 aromatic heterocycles. The molecule has 3 rings (SSSR count). The molecule has 144 valence electrons. The number of benzene rings is 1. The highest BCUT2D eigenvalue weighted by atomic mass is 19.2. The molecule has 2 fully saturated rings. The van der Waals surface area contributed by atoms with Crippen molar-refractivity contribution in [3.8, 4) is 0 Å². The number of allylic oxidation sites excluding steroid dienone is 2. The van der Waals surface area contributed by atoms with Gasteiger partial charge in [0, 0.05) is 0 Å². The van der Waals surface area contributed by atoms with Crippen LogP contribution < -0.4 is 0 Å². The van der Waals surface area contributed by atoms with Crippen molar-refractivity contribution < 1.29 is 17.6 Å². The summed E-state index contributed by atoms with van der Waals surface area (Å²) in [5, 5.41) is 0. The Bertz CT molecular complexity index is 586. The minimum atomic E-state index is -1.38. The average molecular weight is 368 g/mol. The van der Waals surface area contributed by atoms with Gasteiger partial charge in [-0.1, -0.05) is 12.2 Å². The molecule has 1 aromatic rings. The van der Waals surface area contributed by atoms with Crippen molar-refractivity contribution in [1.29, 1.82) is 0 Å². The number of halogens is 4. The highest BCUT2D eigenvalue weighted by molar-refractivity contribution is 5.23. The number of alkyl halides is 1. The summed E-state index contributed by atoms with van der Waals surface area (Å²) in [4.78, 5) is 0. The fourth-order valence-electron chi connectivity index (χ4n) is 4.90. The summed E-state index contributed by atoms with van der Waals surface area (Å²) in [5.74, 6) is -1.38. The Labute approximate surface area is 153 Å². The molecule has 0 aliphatic heterocycles. The Morgan fingerprint density at radius 1 is 0.808 bits per heavy atom. The molecular formula is C22H28F4. The number of hydrogen-bond donors (Lipinski definition) is 0. The van der Waals surface area contributed by atoms with Crippen LogP contribution in [0.15, 0.2) is 24.3 Å². The first-order valence-electron chi connectivity index (χ1n) is 9.95. The van der Waals surface area contributed by atoms with Crippen LogP contribution in [0.25, 0.3) is 0 Å². The van der Waals surface area contributed by atoms with Gasteiger partial charge < -0.3 is 0 Å². The summed E-state index contributed by atoms with van der Waals surface area (Å²) in [6, 6.07) is 2.33. The monoisotopic (exact) mass is 368 g/mol. The largest absolute Gasteiger partial charge is 0.251 e. The molecule has 0 saturated heterocycles. The zero-order valence-electron chi connectivity index (χ0n) is 15.2. The molecule has 26 heavy (non-hydrogen) atoms. The standard InChI is InChI=1S/C22H28F4/c23-12-2-1-3-15-4-6-16(7-5-15)17-8-10-18(11-9-17)19-13-20(24)22(26)21(25)14-19/h1,3,13-18H,2,4-12H2/b3-1+. The fraction of sp³-hybridized carbons (Fsp3) is 0.636. The molecule has 0 N–H and O–H groups in total. The molecular weight excluding hydrogens is 340 g/mol. The first kappa shape index (κ1) is 19.4. The van der Waals surface area contributed by atoms with E-state index in [0.717, 1.165) is 31.6 Å². The van der Waals surface area contributed by atoms with E-state index in [1.807, 2.05) is 6.08 Å². The minimum absolute atomic E-state index is 0.135. The van der Waals surface area contributed by atoms with Crippen LogP contribution in [0.2, 0.25) is 0 Å². The molecule has 2 saturated carbocycles. The number of rotatable bonds is 5. The second-order valence-corrected chi connectivity index (χ2v) is 7.99. The van der Waals surface area contributed by atoms with E-state index in [-0.39, 0.29) is 12.6 Å². The van der Waals surface area contributed by atoms with E-state index in [1.165, 1.54) is 37.8 Å². The molecule has 0 spiro atoms. The number of hydrogen-bond acceptors (Lipinski definition) is 0. The average Bonchev–Trinajstić information content (AvgIpc) is 2.67. The maximum atomic E-state index is 13.5. The van der Waals surface area contributed by atoms with Crippen LogP contribution in [0.3, 0.4) is 0 Å². The van der Waals surface area contributed by atoms with Crippen molar-refractivity contribution >= 4 is 0 Å². The molecule has 0 atom stereocenters. The SMILES string of the molecule is FCC/C=C/C1CCC(C2CCC(c3cc(F)c(F)c(F)c3)CC2)CC1. The molecule has 2 aliphatic carbocycles. The van der Waals surface area contributed by atoms with Crippen molar-refractivity contribution in [1.82, 2.24) is 0 Å². The second kappa shape index (κ2) is 9.05. The summed E-state index contributed by atoms with van der Waals surface area (Å²) in [6.07, 6.45) is 13.5. The fourth-order valence-corrected chi connectivity index (χ4v) is 4.90. The first-order valence-corrected chi connectivity index (χ1v) is 9.95. The molecule has 0 radical (unpaired) electrons. The third-order valence-electron chi connectivity index (χ3n) is 6.42. The van der Waals surface area contributed by atoms with Crippen LogP contribution in [-0.2, 0) is 0 Å². The van der Waals surface area contributed by atoms with Gasteiger partial charge in [0.15, 0.2) is 17.5 Å². The third-order valence-corrected chi connectivity index (χ3v) is 6.42. The van der Waals surface area contributed by atoms with Crippen LogP contribution in [-0.4, -0.2) is 6.67 Å². The normalized spacial score (nSPS) is 30.0. The van der Waals surface area contributed by atoms with E-state index in [1.54, 1.807) is 0 Å². The zero-order valence-corrected chi connectivity index (χ0v) is 15.2. The van der Waals surface area contributed by atoms with E-state index >= 15 is 0 Å². The van der Waals surface area contributed by atoms with Crippen molar-refractivity contribution in [3.05, 3.63) is 47.3 Å². The quantitative estimate of drug-likeness (QED) is 0.295. The van der Waals surface area contributed by atoms with Gasteiger partial charge in [-0.05, 0) is 99.2 Å². The molecule has 2 aliphatic rings. The Kier molecular flexibility index (Phi) is 6.77. The summed E-state index contributed by atoms with van der Waals surface area (Å²) in [7, 11) is 0. The topological polar surface area (TPSA) is 0 Å². The van der Waals surface area contributed by atoms with Gasteiger partial charge in [0.05, 0.1) is 6.67 Å². The Balaban J connectivity index is 1.49. The van der Waals surface area contributed by atoms with E-state index in [2.05, 4.69) is 6.08 Å². The Hall–Kier alpha value is -1.32.